The number of benzene rings is 2. The van der Waals surface area contributed by atoms with Crippen LogP contribution in [-0.2, 0) is 15.3 Å². The summed E-state index contributed by atoms with van der Waals surface area (Å²) in [5, 5.41) is 30.2. The number of ketones is 1. The number of phenolic OH excluding ortho intramolecular Hbond substituents is 1. The number of phenols is 1. The van der Waals surface area contributed by atoms with Crippen LogP contribution in [0.1, 0.15) is 22.7 Å². The molecule has 4 aromatic rings. The molecule has 1 aliphatic heterocycles. The molecule has 9 nitrogen and oxygen atoms in total. The maximum atomic E-state index is 13.4. The highest BCUT2D eigenvalue weighted by molar-refractivity contribution is 9.10. The number of amides is 1. The lowest BCUT2D eigenvalue weighted by atomic mass is 9.95. The second-order valence-corrected chi connectivity index (χ2v) is 11.1. The highest BCUT2D eigenvalue weighted by atomic mass is 79.9. The monoisotopic (exact) mass is 610 g/mol. The first-order chi connectivity index (χ1) is 18.4. The summed E-state index contributed by atoms with van der Waals surface area (Å²) >= 11 is 5.93. The maximum Gasteiger partial charge on any atom is 0.301 e. The molecule has 2 N–H and O–H groups in total. The van der Waals surface area contributed by atoms with Crippen molar-refractivity contribution in [3.8, 4) is 11.5 Å². The van der Waals surface area contributed by atoms with E-state index in [9.17, 15) is 19.8 Å². The number of nitrogens with zero attached hydrogens (tertiary/aromatic N) is 4. The molecular formula is C26H19BrN4O5S2. The van der Waals surface area contributed by atoms with E-state index in [0.29, 0.717) is 21.2 Å². The Bertz CT molecular complexity index is 1550. The van der Waals surface area contributed by atoms with Gasteiger partial charge < -0.3 is 14.9 Å². The molecule has 0 saturated carbocycles. The molecule has 1 aliphatic rings. The Morgan fingerprint density at radius 2 is 1.87 bits per heavy atom. The second kappa shape index (κ2) is 10.9. The van der Waals surface area contributed by atoms with Crippen molar-refractivity contribution in [2.24, 2.45) is 0 Å². The van der Waals surface area contributed by atoms with Crippen molar-refractivity contribution in [3.05, 3.63) is 93.7 Å². The number of thioether (sulfide) groups is 1. The highest BCUT2D eigenvalue weighted by Gasteiger charge is 2.48. The molecule has 5 rings (SSSR count). The molecule has 0 aliphatic carbocycles. The van der Waals surface area contributed by atoms with E-state index in [2.05, 4.69) is 31.1 Å². The molecule has 192 valence electrons. The Labute approximate surface area is 234 Å². The number of aromatic nitrogens is 3. The van der Waals surface area contributed by atoms with E-state index < -0.39 is 17.7 Å². The van der Waals surface area contributed by atoms with E-state index in [1.807, 2.05) is 30.3 Å². The lowest BCUT2D eigenvalue weighted by Crippen LogP contribution is -2.29. The Kier molecular flexibility index (Phi) is 7.45. The van der Waals surface area contributed by atoms with Gasteiger partial charge in [-0.05, 0) is 51.3 Å². The minimum absolute atomic E-state index is 0.125. The van der Waals surface area contributed by atoms with Gasteiger partial charge in [-0.1, -0.05) is 53.4 Å². The van der Waals surface area contributed by atoms with Crippen molar-refractivity contribution in [2.75, 3.05) is 12.0 Å². The Balaban J connectivity index is 1.60. The van der Waals surface area contributed by atoms with Crippen molar-refractivity contribution in [2.45, 2.75) is 16.1 Å². The number of pyridine rings is 1. The van der Waals surface area contributed by atoms with Crippen molar-refractivity contribution in [1.82, 2.24) is 15.2 Å². The number of halogens is 1. The number of ether oxygens (including phenoxy) is 1. The number of carbonyl (C=O) groups excluding carboxylic acids is 2. The van der Waals surface area contributed by atoms with Gasteiger partial charge in [0.25, 0.3) is 5.78 Å². The van der Waals surface area contributed by atoms with E-state index in [4.69, 9.17) is 4.74 Å². The molecule has 1 fully saturated rings. The maximum absolute atomic E-state index is 13.4. The first-order valence-corrected chi connectivity index (χ1v) is 13.8. The molecule has 0 spiro atoms. The van der Waals surface area contributed by atoms with Crippen LogP contribution in [0.3, 0.4) is 0 Å². The SMILES string of the molecule is COc1cc(C2C(=C(O)c3ccncc3)C(=O)C(=O)N2c2nnc(SCc3ccccc3)s2)cc(Br)c1O. The summed E-state index contributed by atoms with van der Waals surface area (Å²) in [7, 11) is 1.39. The fourth-order valence-corrected chi connectivity index (χ4v) is 6.28. The molecule has 1 saturated heterocycles. The highest BCUT2D eigenvalue weighted by Crippen LogP contribution is 2.47. The normalized spacial score (nSPS) is 16.7. The van der Waals surface area contributed by atoms with Gasteiger partial charge in [-0.25, -0.2) is 0 Å². The largest absolute Gasteiger partial charge is 0.507 e. The standard InChI is InChI=1S/C26H19BrN4O5S2/c1-36-18-12-16(11-17(27)22(18)33)20-19(21(32)15-7-9-28-10-8-15)23(34)24(35)31(20)25-29-30-26(38-25)37-13-14-5-3-2-4-6-14/h2-12,20,32-33H,13H2,1H3. The van der Waals surface area contributed by atoms with E-state index in [-0.39, 0.29) is 32.4 Å². The van der Waals surface area contributed by atoms with Crippen LogP contribution in [0.4, 0.5) is 5.13 Å². The number of Topliss-reactive ketones (excluding diaryl/α,β-unsaturated/α-hetero) is 1. The fourth-order valence-electron chi connectivity index (χ4n) is 4.00. The Morgan fingerprint density at radius 1 is 1.13 bits per heavy atom. The van der Waals surface area contributed by atoms with Crippen LogP contribution >= 0.6 is 39.0 Å². The van der Waals surface area contributed by atoms with Gasteiger partial charge in [0, 0.05) is 23.7 Å². The number of rotatable bonds is 7. The number of carbonyl (C=O) groups is 2. The van der Waals surface area contributed by atoms with Crippen molar-refractivity contribution < 1.29 is 24.5 Å². The predicted octanol–water partition coefficient (Wildman–Crippen LogP) is 5.33. The number of aromatic hydroxyl groups is 1. The average molecular weight is 611 g/mol. The van der Waals surface area contributed by atoms with Gasteiger partial charge in [0.05, 0.1) is 23.2 Å². The minimum Gasteiger partial charge on any atom is -0.507 e. The number of hydrogen-bond acceptors (Lipinski definition) is 10. The average Bonchev–Trinajstić information content (AvgIpc) is 3.51. The van der Waals surface area contributed by atoms with Crippen LogP contribution in [-0.4, -0.2) is 44.2 Å². The van der Waals surface area contributed by atoms with Crippen LogP contribution in [0.5, 0.6) is 11.5 Å². The van der Waals surface area contributed by atoms with Crippen LogP contribution < -0.4 is 9.64 Å². The number of hydrogen-bond donors (Lipinski definition) is 2. The fraction of sp³-hybridized carbons (Fsp3) is 0.115. The molecule has 1 amide bonds. The lowest BCUT2D eigenvalue weighted by molar-refractivity contribution is -0.132. The zero-order valence-corrected chi connectivity index (χ0v) is 23.0. The van der Waals surface area contributed by atoms with Gasteiger partial charge in [-0.3, -0.25) is 19.5 Å². The van der Waals surface area contributed by atoms with Crippen LogP contribution in [0.2, 0.25) is 0 Å². The van der Waals surface area contributed by atoms with Gasteiger partial charge in [0.2, 0.25) is 5.13 Å². The number of aliphatic hydroxyl groups is 1. The zero-order chi connectivity index (χ0) is 26.8. The zero-order valence-electron chi connectivity index (χ0n) is 19.7. The number of aliphatic hydroxyl groups excluding tert-OH is 1. The molecule has 0 bridgehead atoms. The van der Waals surface area contributed by atoms with E-state index in [1.54, 1.807) is 6.07 Å². The minimum atomic E-state index is -1.06. The van der Waals surface area contributed by atoms with Crippen molar-refractivity contribution in [1.29, 1.82) is 0 Å². The third kappa shape index (κ3) is 4.89. The van der Waals surface area contributed by atoms with E-state index >= 15 is 0 Å². The van der Waals surface area contributed by atoms with Gasteiger partial charge in [0.1, 0.15) is 5.76 Å². The van der Waals surface area contributed by atoms with Crippen molar-refractivity contribution in [3.63, 3.8) is 0 Å². The smallest absolute Gasteiger partial charge is 0.301 e. The molecule has 38 heavy (non-hydrogen) atoms. The van der Waals surface area contributed by atoms with E-state index in [0.717, 1.165) is 5.56 Å². The number of methoxy groups -OCH3 is 1. The summed E-state index contributed by atoms with van der Waals surface area (Å²) in [6.07, 6.45) is 2.95. The van der Waals surface area contributed by atoms with Gasteiger partial charge in [0.15, 0.2) is 15.8 Å². The molecule has 12 heteroatoms. The van der Waals surface area contributed by atoms with Crippen molar-refractivity contribution >= 4 is 61.6 Å². The number of anilines is 1. The summed E-state index contributed by atoms with van der Waals surface area (Å²) in [6, 6.07) is 14.9. The van der Waals surface area contributed by atoms with Crippen LogP contribution in [0, 0.1) is 0 Å². The summed E-state index contributed by atoms with van der Waals surface area (Å²) in [5.41, 5.74) is 1.71. The van der Waals surface area contributed by atoms with Crippen LogP contribution in [0.15, 0.2) is 81.4 Å². The summed E-state index contributed by atoms with van der Waals surface area (Å²) in [5.74, 6) is -1.45. The predicted molar refractivity (Wildman–Crippen MR) is 147 cm³/mol. The molecule has 1 atom stereocenters. The van der Waals surface area contributed by atoms with Gasteiger partial charge in [-0.2, -0.15) is 0 Å². The quantitative estimate of drug-likeness (QED) is 0.0938. The van der Waals surface area contributed by atoms with Gasteiger partial charge in [-0.15, -0.1) is 10.2 Å². The Morgan fingerprint density at radius 3 is 2.58 bits per heavy atom. The molecule has 2 aromatic carbocycles. The topological polar surface area (TPSA) is 126 Å². The first-order valence-electron chi connectivity index (χ1n) is 11.2. The van der Waals surface area contributed by atoms with E-state index in [1.165, 1.54) is 65.7 Å². The molecule has 2 aromatic heterocycles. The molecule has 3 heterocycles. The summed E-state index contributed by atoms with van der Waals surface area (Å²) in [4.78, 5) is 31.9. The van der Waals surface area contributed by atoms with Gasteiger partial charge >= 0.3 is 5.91 Å². The summed E-state index contributed by atoms with van der Waals surface area (Å²) in [6.45, 7) is 0. The third-order valence-electron chi connectivity index (χ3n) is 5.79. The first kappa shape index (κ1) is 25.9. The van der Waals surface area contributed by atoms with Crippen LogP contribution in [0.25, 0.3) is 5.76 Å². The molecule has 0 radical (unpaired) electrons. The molecular weight excluding hydrogens is 592 g/mol. The second-order valence-electron chi connectivity index (χ2n) is 8.08. The summed E-state index contributed by atoms with van der Waals surface area (Å²) < 4.78 is 6.20. The lowest BCUT2D eigenvalue weighted by Gasteiger charge is -2.23. The Hall–Kier alpha value is -3.74. The molecule has 1 unspecified atom stereocenters. The third-order valence-corrected chi connectivity index (χ3v) is 8.52.